The van der Waals surface area contributed by atoms with Gasteiger partial charge >= 0.3 is 5.97 Å². The Kier molecular flexibility index (Phi) is 5.04. The number of hydrogen-bond acceptors (Lipinski definition) is 4. The van der Waals surface area contributed by atoms with Gasteiger partial charge in [0.1, 0.15) is 6.61 Å². The summed E-state index contributed by atoms with van der Waals surface area (Å²) in [7, 11) is 0. The van der Waals surface area contributed by atoms with Gasteiger partial charge in [-0.3, -0.25) is 0 Å². The Morgan fingerprint density at radius 3 is 2.36 bits per heavy atom. The minimum absolute atomic E-state index is 0.168. The second kappa shape index (κ2) is 6.98. The molecule has 0 bridgehead atoms. The highest BCUT2D eigenvalue weighted by Gasteiger charge is 2.10. The van der Waals surface area contributed by atoms with Crippen molar-refractivity contribution in [3.63, 3.8) is 0 Å². The van der Waals surface area contributed by atoms with Crippen LogP contribution < -0.4 is 0 Å². The standard InChI is InChI=1S/C18H20O4/c1-3-12(2)14-6-4-13(5-7-14)11-22-18(21)15-8-9-16(19)17(20)10-15/h4-10,12,19-20H,3,11H2,1-2H3. The van der Waals surface area contributed by atoms with Crippen molar-refractivity contribution in [3.8, 4) is 11.5 Å². The normalized spacial score (nSPS) is 11.9. The number of carbonyl (C=O) groups excluding carboxylic acids is 1. The van der Waals surface area contributed by atoms with Crippen LogP contribution in [0.1, 0.15) is 47.7 Å². The van der Waals surface area contributed by atoms with Crippen molar-refractivity contribution in [1.29, 1.82) is 0 Å². The monoisotopic (exact) mass is 300 g/mol. The van der Waals surface area contributed by atoms with Crippen LogP contribution in [-0.4, -0.2) is 16.2 Å². The Morgan fingerprint density at radius 2 is 1.77 bits per heavy atom. The number of ether oxygens (including phenoxy) is 1. The fourth-order valence-corrected chi connectivity index (χ4v) is 2.06. The van der Waals surface area contributed by atoms with Gasteiger partial charge in [0.2, 0.25) is 0 Å². The van der Waals surface area contributed by atoms with Gasteiger partial charge < -0.3 is 14.9 Å². The molecule has 4 heteroatoms. The maximum atomic E-state index is 11.9. The zero-order valence-corrected chi connectivity index (χ0v) is 12.7. The van der Waals surface area contributed by atoms with Gasteiger partial charge in [0, 0.05) is 0 Å². The molecule has 0 saturated carbocycles. The van der Waals surface area contributed by atoms with E-state index in [1.54, 1.807) is 0 Å². The molecule has 0 aliphatic carbocycles. The molecule has 2 aromatic rings. The molecule has 2 aromatic carbocycles. The molecule has 0 amide bonds. The zero-order valence-electron chi connectivity index (χ0n) is 12.7. The SMILES string of the molecule is CCC(C)c1ccc(COC(=O)c2ccc(O)c(O)c2)cc1. The van der Waals surface area contributed by atoms with Crippen LogP contribution in [0.2, 0.25) is 0 Å². The van der Waals surface area contributed by atoms with Gasteiger partial charge in [-0.15, -0.1) is 0 Å². The van der Waals surface area contributed by atoms with Crippen LogP contribution in [0.3, 0.4) is 0 Å². The first kappa shape index (κ1) is 15.9. The second-order valence-corrected chi connectivity index (χ2v) is 5.33. The summed E-state index contributed by atoms with van der Waals surface area (Å²) in [5, 5.41) is 18.6. The maximum Gasteiger partial charge on any atom is 0.338 e. The number of rotatable bonds is 5. The summed E-state index contributed by atoms with van der Waals surface area (Å²) in [6.45, 7) is 4.49. The van der Waals surface area contributed by atoms with Crippen LogP contribution in [0, 0.1) is 0 Å². The molecule has 0 heterocycles. The Bertz CT molecular complexity index is 647. The van der Waals surface area contributed by atoms with Gasteiger partial charge in [-0.2, -0.15) is 0 Å². The fourth-order valence-electron chi connectivity index (χ4n) is 2.06. The van der Waals surface area contributed by atoms with Gasteiger partial charge in [0.05, 0.1) is 5.56 Å². The number of phenols is 2. The van der Waals surface area contributed by atoms with Gasteiger partial charge in [0.25, 0.3) is 0 Å². The van der Waals surface area contributed by atoms with Crippen molar-refractivity contribution >= 4 is 5.97 Å². The summed E-state index contributed by atoms with van der Waals surface area (Å²) >= 11 is 0. The molecule has 0 spiro atoms. The van der Waals surface area contributed by atoms with E-state index >= 15 is 0 Å². The molecule has 1 unspecified atom stereocenters. The molecule has 0 fully saturated rings. The van der Waals surface area contributed by atoms with Crippen LogP contribution in [0.5, 0.6) is 11.5 Å². The second-order valence-electron chi connectivity index (χ2n) is 5.33. The largest absolute Gasteiger partial charge is 0.504 e. The van der Waals surface area contributed by atoms with Crippen LogP contribution in [-0.2, 0) is 11.3 Å². The molecule has 0 aromatic heterocycles. The summed E-state index contributed by atoms with van der Waals surface area (Å²) in [6.07, 6.45) is 1.08. The van der Waals surface area contributed by atoms with Crippen LogP contribution in [0.25, 0.3) is 0 Å². The van der Waals surface area contributed by atoms with Crippen LogP contribution in [0.15, 0.2) is 42.5 Å². The van der Waals surface area contributed by atoms with E-state index in [2.05, 4.69) is 13.8 Å². The molecule has 2 N–H and O–H groups in total. The predicted octanol–water partition coefficient (Wildman–Crippen LogP) is 3.97. The Labute approximate surface area is 130 Å². The first-order valence-corrected chi connectivity index (χ1v) is 7.29. The number of benzene rings is 2. The lowest BCUT2D eigenvalue weighted by Gasteiger charge is -2.10. The summed E-state index contributed by atoms with van der Waals surface area (Å²) < 4.78 is 5.20. The Hall–Kier alpha value is -2.49. The van der Waals surface area contributed by atoms with E-state index in [1.165, 1.54) is 23.8 Å². The number of aromatic hydroxyl groups is 2. The van der Waals surface area contributed by atoms with Crippen LogP contribution >= 0.6 is 0 Å². The highest BCUT2D eigenvalue weighted by atomic mass is 16.5. The summed E-state index contributed by atoms with van der Waals surface area (Å²) in [6, 6.07) is 11.8. The van der Waals surface area contributed by atoms with Gasteiger partial charge in [0.15, 0.2) is 11.5 Å². The molecule has 1 atom stereocenters. The van der Waals surface area contributed by atoms with Crippen molar-refractivity contribution in [3.05, 3.63) is 59.2 Å². The van der Waals surface area contributed by atoms with Gasteiger partial charge in [-0.05, 0) is 41.7 Å². The third kappa shape index (κ3) is 3.79. The first-order valence-electron chi connectivity index (χ1n) is 7.29. The fraction of sp³-hybridized carbons (Fsp3) is 0.278. The minimum atomic E-state index is -0.540. The number of phenolic OH excluding ortho intramolecular Hbond substituents is 2. The molecular formula is C18H20O4. The summed E-state index contributed by atoms with van der Waals surface area (Å²) in [4.78, 5) is 11.9. The van der Waals surface area contributed by atoms with Gasteiger partial charge in [-0.1, -0.05) is 38.1 Å². The van der Waals surface area contributed by atoms with E-state index < -0.39 is 5.97 Å². The van der Waals surface area contributed by atoms with E-state index in [1.807, 2.05) is 24.3 Å². The lowest BCUT2D eigenvalue weighted by Crippen LogP contribution is -2.05. The van der Waals surface area contributed by atoms with Crippen molar-refractivity contribution < 1.29 is 19.7 Å². The molecule has 0 aliphatic rings. The maximum absolute atomic E-state index is 11.9. The molecule has 0 radical (unpaired) electrons. The third-order valence-electron chi connectivity index (χ3n) is 3.74. The zero-order chi connectivity index (χ0) is 16.1. The van der Waals surface area contributed by atoms with Crippen molar-refractivity contribution in [2.24, 2.45) is 0 Å². The molecule has 2 rings (SSSR count). The van der Waals surface area contributed by atoms with E-state index in [-0.39, 0.29) is 23.7 Å². The molecular weight excluding hydrogens is 280 g/mol. The average molecular weight is 300 g/mol. The van der Waals surface area contributed by atoms with E-state index in [0.29, 0.717) is 5.92 Å². The average Bonchev–Trinajstić information content (AvgIpc) is 2.54. The highest BCUT2D eigenvalue weighted by molar-refractivity contribution is 5.90. The number of carbonyl (C=O) groups is 1. The molecule has 0 saturated heterocycles. The summed E-state index contributed by atoms with van der Waals surface area (Å²) in [5.74, 6) is -0.637. The highest BCUT2D eigenvalue weighted by Crippen LogP contribution is 2.25. The topological polar surface area (TPSA) is 66.8 Å². The Morgan fingerprint density at radius 1 is 1.09 bits per heavy atom. The summed E-state index contributed by atoms with van der Waals surface area (Å²) in [5.41, 5.74) is 2.37. The van der Waals surface area contributed by atoms with E-state index in [4.69, 9.17) is 4.74 Å². The lowest BCUT2D eigenvalue weighted by molar-refractivity contribution is 0.0472. The van der Waals surface area contributed by atoms with Crippen LogP contribution in [0.4, 0.5) is 0 Å². The van der Waals surface area contributed by atoms with E-state index in [9.17, 15) is 15.0 Å². The minimum Gasteiger partial charge on any atom is -0.504 e. The van der Waals surface area contributed by atoms with Crippen molar-refractivity contribution in [2.45, 2.75) is 32.8 Å². The predicted molar refractivity (Wildman–Crippen MR) is 84.0 cm³/mol. The van der Waals surface area contributed by atoms with Crippen molar-refractivity contribution in [2.75, 3.05) is 0 Å². The number of esters is 1. The lowest BCUT2D eigenvalue weighted by atomic mass is 9.98. The third-order valence-corrected chi connectivity index (χ3v) is 3.74. The molecule has 116 valence electrons. The molecule has 4 nitrogen and oxygen atoms in total. The molecule has 0 aliphatic heterocycles. The van der Waals surface area contributed by atoms with Gasteiger partial charge in [-0.25, -0.2) is 4.79 Å². The first-order chi connectivity index (χ1) is 10.5. The Balaban J connectivity index is 1.97. The molecule has 22 heavy (non-hydrogen) atoms. The smallest absolute Gasteiger partial charge is 0.338 e. The van der Waals surface area contributed by atoms with E-state index in [0.717, 1.165) is 12.0 Å². The quantitative estimate of drug-likeness (QED) is 0.647. The number of hydrogen-bond donors (Lipinski definition) is 2. The van der Waals surface area contributed by atoms with Crippen molar-refractivity contribution in [1.82, 2.24) is 0 Å².